The summed E-state index contributed by atoms with van der Waals surface area (Å²) in [5.74, 6) is 3.56. The molecule has 0 aromatic rings. The molecule has 3 atom stereocenters. The van der Waals surface area contributed by atoms with Gasteiger partial charge in [0.15, 0.2) is 0 Å². The van der Waals surface area contributed by atoms with Gasteiger partial charge in [-0.2, -0.15) is 0 Å². The molecule has 0 aromatic carbocycles. The molecule has 0 N–H and O–H groups in total. The van der Waals surface area contributed by atoms with Crippen LogP contribution in [-0.2, 0) is 0 Å². The zero-order valence-corrected chi connectivity index (χ0v) is 15.1. The van der Waals surface area contributed by atoms with Gasteiger partial charge in [-0.25, -0.2) is 0 Å². The Morgan fingerprint density at radius 3 is 1.25 bits per heavy atom. The first-order valence-corrected chi connectivity index (χ1v) is 9.24. The fraction of sp³-hybridized carbons (Fsp3) is 0.950. The van der Waals surface area contributed by atoms with Gasteiger partial charge in [0.05, 0.1) is 0 Å². The molecule has 0 aromatic heterocycles. The number of rotatable bonds is 13. The van der Waals surface area contributed by atoms with Crippen molar-refractivity contribution >= 4 is 0 Å². The fourth-order valence-corrected chi connectivity index (χ4v) is 2.94. The molecule has 1 radical (unpaired) electrons. The van der Waals surface area contributed by atoms with Crippen molar-refractivity contribution in [2.24, 2.45) is 23.7 Å². The minimum absolute atomic E-state index is 0.822. The van der Waals surface area contributed by atoms with Crippen LogP contribution in [-0.4, -0.2) is 0 Å². The van der Waals surface area contributed by atoms with Crippen molar-refractivity contribution in [1.29, 1.82) is 0 Å². The highest BCUT2D eigenvalue weighted by Crippen LogP contribution is 2.22. The Labute approximate surface area is 130 Å². The van der Waals surface area contributed by atoms with E-state index in [0.717, 1.165) is 30.1 Å². The molecule has 0 saturated carbocycles. The Morgan fingerprint density at radius 2 is 0.900 bits per heavy atom. The standard InChI is InChI=1S/C20H41/c1-7-18(4)12-9-14-20(6)16-10-15-19(5)13-8-11-17(2)3/h17-20H,1,7-16H2,2-6H3/t18?,19-,20?/m1/s1. The number of hydrogen-bond donors (Lipinski definition) is 0. The predicted molar refractivity (Wildman–Crippen MR) is 93.9 cm³/mol. The molecule has 2 unspecified atom stereocenters. The Hall–Kier alpha value is 0. The van der Waals surface area contributed by atoms with Crippen LogP contribution in [0.25, 0.3) is 0 Å². The number of hydrogen-bond acceptors (Lipinski definition) is 0. The molecular formula is C20H41. The lowest BCUT2D eigenvalue weighted by molar-refractivity contribution is 0.378. The van der Waals surface area contributed by atoms with E-state index in [1.165, 1.54) is 57.8 Å². The molecule has 0 aliphatic carbocycles. The van der Waals surface area contributed by atoms with Gasteiger partial charge in [0.2, 0.25) is 0 Å². The maximum atomic E-state index is 3.99. The summed E-state index contributed by atoms with van der Waals surface area (Å²) < 4.78 is 0. The van der Waals surface area contributed by atoms with Crippen molar-refractivity contribution in [3.63, 3.8) is 0 Å². The van der Waals surface area contributed by atoms with Crippen LogP contribution in [0.1, 0.15) is 98.8 Å². The summed E-state index contributed by atoms with van der Waals surface area (Å²) in [5.41, 5.74) is 0. The normalized spacial score (nSPS) is 16.4. The van der Waals surface area contributed by atoms with Crippen LogP contribution >= 0.6 is 0 Å². The van der Waals surface area contributed by atoms with E-state index >= 15 is 0 Å². The molecule has 0 amide bonds. The van der Waals surface area contributed by atoms with Crippen molar-refractivity contribution in [2.45, 2.75) is 98.8 Å². The van der Waals surface area contributed by atoms with Gasteiger partial charge in [-0.05, 0) is 23.7 Å². The zero-order chi connectivity index (χ0) is 15.4. The highest BCUT2D eigenvalue weighted by molar-refractivity contribution is 4.61. The summed E-state index contributed by atoms with van der Waals surface area (Å²) in [6.45, 7) is 15.9. The smallest absolute Gasteiger partial charge is 0.0443 e. The molecule has 0 aliphatic rings. The summed E-state index contributed by atoms with van der Waals surface area (Å²) in [4.78, 5) is 0. The molecule has 0 aliphatic heterocycles. The molecule has 0 spiro atoms. The van der Waals surface area contributed by atoms with Gasteiger partial charge in [-0.15, -0.1) is 0 Å². The van der Waals surface area contributed by atoms with Gasteiger partial charge in [-0.3, -0.25) is 0 Å². The SMILES string of the molecule is [CH2]CC(C)CCCC(C)CCC[C@H](C)CCCC(C)C. The summed E-state index contributed by atoms with van der Waals surface area (Å²) in [6, 6.07) is 0. The van der Waals surface area contributed by atoms with E-state index in [1.807, 2.05) is 0 Å². The lowest BCUT2D eigenvalue weighted by Gasteiger charge is -2.15. The van der Waals surface area contributed by atoms with E-state index in [9.17, 15) is 0 Å². The molecule has 0 saturated heterocycles. The Balaban J connectivity index is 3.43. The third-order valence-corrected chi connectivity index (χ3v) is 4.76. The molecule has 20 heavy (non-hydrogen) atoms. The molecule has 0 rings (SSSR count). The van der Waals surface area contributed by atoms with E-state index in [1.54, 1.807) is 0 Å². The molecule has 0 nitrogen and oxygen atoms in total. The quantitative estimate of drug-likeness (QED) is 0.332. The van der Waals surface area contributed by atoms with Gasteiger partial charge < -0.3 is 0 Å². The average Bonchev–Trinajstić information content (AvgIpc) is 2.38. The van der Waals surface area contributed by atoms with E-state index in [2.05, 4.69) is 41.5 Å². The molecular weight excluding hydrogens is 240 g/mol. The zero-order valence-electron chi connectivity index (χ0n) is 15.1. The van der Waals surface area contributed by atoms with Crippen molar-refractivity contribution in [3.05, 3.63) is 6.92 Å². The van der Waals surface area contributed by atoms with E-state index in [-0.39, 0.29) is 0 Å². The Bertz CT molecular complexity index is 194. The maximum absolute atomic E-state index is 3.99. The van der Waals surface area contributed by atoms with Gasteiger partial charge in [0, 0.05) is 0 Å². The second kappa shape index (κ2) is 12.7. The van der Waals surface area contributed by atoms with Crippen LogP contribution in [0.2, 0.25) is 0 Å². The minimum Gasteiger partial charge on any atom is -0.0628 e. The third kappa shape index (κ3) is 13.0. The molecule has 0 bridgehead atoms. The monoisotopic (exact) mass is 281 g/mol. The first-order chi connectivity index (χ1) is 9.45. The Kier molecular flexibility index (Phi) is 12.7. The lowest BCUT2D eigenvalue weighted by Crippen LogP contribution is -2.01. The topological polar surface area (TPSA) is 0 Å². The van der Waals surface area contributed by atoms with Crippen LogP contribution in [0, 0.1) is 30.6 Å². The molecule has 0 heteroatoms. The first kappa shape index (κ1) is 20.0. The largest absolute Gasteiger partial charge is 0.0628 e. The lowest BCUT2D eigenvalue weighted by atomic mass is 9.91. The van der Waals surface area contributed by atoms with Gasteiger partial charge in [0.25, 0.3) is 0 Å². The Morgan fingerprint density at radius 1 is 0.550 bits per heavy atom. The van der Waals surface area contributed by atoms with Crippen molar-refractivity contribution in [3.8, 4) is 0 Å². The third-order valence-electron chi connectivity index (χ3n) is 4.76. The minimum atomic E-state index is 0.822. The maximum Gasteiger partial charge on any atom is -0.0443 e. The van der Waals surface area contributed by atoms with Gasteiger partial charge >= 0.3 is 0 Å². The first-order valence-electron chi connectivity index (χ1n) is 9.24. The van der Waals surface area contributed by atoms with Gasteiger partial charge in [0.1, 0.15) is 0 Å². The second-order valence-electron chi connectivity index (χ2n) is 7.79. The van der Waals surface area contributed by atoms with Crippen molar-refractivity contribution in [2.75, 3.05) is 0 Å². The fourth-order valence-electron chi connectivity index (χ4n) is 2.94. The summed E-state index contributed by atoms with van der Waals surface area (Å²) in [6.07, 6.45) is 13.9. The molecule has 0 fully saturated rings. The van der Waals surface area contributed by atoms with Crippen LogP contribution in [0.4, 0.5) is 0 Å². The molecule has 121 valence electrons. The van der Waals surface area contributed by atoms with E-state index in [4.69, 9.17) is 0 Å². The van der Waals surface area contributed by atoms with Crippen LogP contribution < -0.4 is 0 Å². The average molecular weight is 282 g/mol. The van der Waals surface area contributed by atoms with Crippen LogP contribution in [0.5, 0.6) is 0 Å². The van der Waals surface area contributed by atoms with Crippen molar-refractivity contribution in [1.82, 2.24) is 0 Å². The van der Waals surface area contributed by atoms with E-state index < -0.39 is 0 Å². The summed E-state index contributed by atoms with van der Waals surface area (Å²) >= 11 is 0. The summed E-state index contributed by atoms with van der Waals surface area (Å²) in [7, 11) is 0. The van der Waals surface area contributed by atoms with E-state index in [0.29, 0.717) is 0 Å². The second-order valence-corrected chi connectivity index (χ2v) is 7.79. The molecule has 0 heterocycles. The highest BCUT2D eigenvalue weighted by Gasteiger charge is 2.07. The van der Waals surface area contributed by atoms with Gasteiger partial charge in [-0.1, -0.05) is 106 Å². The summed E-state index contributed by atoms with van der Waals surface area (Å²) in [5, 5.41) is 0. The van der Waals surface area contributed by atoms with Crippen LogP contribution in [0.3, 0.4) is 0 Å². The predicted octanol–water partition coefficient (Wildman–Crippen LogP) is 7.29. The highest BCUT2D eigenvalue weighted by atomic mass is 14.1. The van der Waals surface area contributed by atoms with Crippen LogP contribution in [0.15, 0.2) is 0 Å². The van der Waals surface area contributed by atoms with Crippen molar-refractivity contribution < 1.29 is 0 Å².